The van der Waals surface area contributed by atoms with Crippen molar-refractivity contribution >= 4 is 11.7 Å². The summed E-state index contributed by atoms with van der Waals surface area (Å²) in [5, 5.41) is 2.90. The van der Waals surface area contributed by atoms with Gasteiger partial charge < -0.3 is 19.7 Å². The normalized spacial score (nSPS) is 10.6. The van der Waals surface area contributed by atoms with E-state index in [2.05, 4.69) is 24.1 Å². The van der Waals surface area contributed by atoms with E-state index in [0.717, 1.165) is 17.8 Å². The van der Waals surface area contributed by atoms with Crippen LogP contribution < -0.4 is 19.7 Å². The van der Waals surface area contributed by atoms with E-state index in [4.69, 9.17) is 9.47 Å². The van der Waals surface area contributed by atoms with Crippen LogP contribution in [0, 0.1) is 5.92 Å². The Labute approximate surface area is 161 Å². The number of carbonyl (C=O) groups is 1. The molecule has 0 saturated carbocycles. The van der Waals surface area contributed by atoms with Crippen LogP contribution in [0.3, 0.4) is 0 Å². The molecule has 0 aliphatic carbocycles. The van der Waals surface area contributed by atoms with Crippen LogP contribution in [0.25, 0.3) is 0 Å². The average molecular weight is 371 g/mol. The molecule has 1 aromatic carbocycles. The van der Waals surface area contributed by atoms with Gasteiger partial charge in [0.1, 0.15) is 5.82 Å². The SMILES string of the molecule is COc1cc(C(=O)NCc2ccc(N(C)C)nc2)ccc1OCCC(C)C. The highest BCUT2D eigenvalue weighted by Gasteiger charge is 2.11. The van der Waals surface area contributed by atoms with Gasteiger partial charge in [-0.2, -0.15) is 0 Å². The molecule has 0 radical (unpaired) electrons. The van der Waals surface area contributed by atoms with Gasteiger partial charge in [0.05, 0.1) is 13.7 Å². The van der Waals surface area contributed by atoms with Crippen LogP contribution >= 0.6 is 0 Å². The number of amides is 1. The zero-order chi connectivity index (χ0) is 19.8. The smallest absolute Gasteiger partial charge is 0.251 e. The molecule has 6 nitrogen and oxygen atoms in total. The number of hydrogen-bond acceptors (Lipinski definition) is 5. The first-order valence-corrected chi connectivity index (χ1v) is 9.12. The number of carbonyl (C=O) groups excluding carboxylic acids is 1. The van der Waals surface area contributed by atoms with E-state index in [1.54, 1.807) is 31.5 Å². The Kier molecular flexibility index (Phi) is 7.46. The number of pyridine rings is 1. The lowest BCUT2D eigenvalue weighted by Crippen LogP contribution is -2.23. The molecular formula is C21H29N3O3. The summed E-state index contributed by atoms with van der Waals surface area (Å²) in [5.74, 6) is 2.49. The Morgan fingerprint density at radius 3 is 2.56 bits per heavy atom. The minimum Gasteiger partial charge on any atom is -0.493 e. The zero-order valence-electron chi connectivity index (χ0n) is 16.8. The third kappa shape index (κ3) is 6.16. The second-order valence-electron chi connectivity index (χ2n) is 7.00. The van der Waals surface area contributed by atoms with E-state index in [0.29, 0.717) is 36.1 Å². The monoisotopic (exact) mass is 371 g/mol. The molecule has 27 heavy (non-hydrogen) atoms. The van der Waals surface area contributed by atoms with E-state index in [1.165, 1.54) is 0 Å². The Balaban J connectivity index is 1.97. The van der Waals surface area contributed by atoms with Gasteiger partial charge in [0.15, 0.2) is 11.5 Å². The van der Waals surface area contributed by atoms with Crippen LogP contribution in [0.2, 0.25) is 0 Å². The number of rotatable bonds is 9. The van der Waals surface area contributed by atoms with Crippen LogP contribution in [0.15, 0.2) is 36.5 Å². The molecule has 1 N–H and O–H groups in total. The van der Waals surface area contributed by atoms with Gasteiger partial charge in [0, 0.05) is 32.4 Å². The highest BCUT2D eigenvalue weighted by molar-refractivity contribution is 5.94. The highest BCUT2D eigenvalue weighted by Crippen LogP contribution is 2.28. The first-order chi connectivity index (χ1) is 12.9. The van der Waals surface area contributed by atoms with Gasteiger partial charge in [-0.3, -0.25) is 4.79 Å². The van der Waals surface area contributed by atoms with Crippen LogP contribution in [0.4, 0.5) is 5.82 Å². The van der Waals surface area contributed by atoms with Gasteiger partial charge >= 0.3 is 0 Å². The molecule has 0 fully saturated rings. The van der Waals surface area contributed by atoms with E-state index < -0.39 is 0 Å². The van der Waals surface area contributed by atoms with Crippen molar-refractivity contribution in [3.63, 3.8) is 0 Å². The zero-order valence-corrected chi connectivity index (χ0v) is 16.8. The van der Waals surface area contributed by atoms with Crippen molar-refractivity contribution in [1.29, 1.82) is 0 Å². The number of methoxy groups -OCH3 is 1. The Morgan fingerprint density at radius 1 is 1.19 bits per heavy atom. The van der Waals surface area contributed by atoms with Crippen molar-refractivity contribution in [3.05, 3.63) is 47.7 Å². The van der Waals surface area contributed by atoms with Gasteiger partial charge in [-0.1, -0.05) is 19.9 Å². The molecule has 0 aliphatic heterocycles. The molecule has 2 rings (SSSR count). The van der Waals surface area contributed by atoms with Crippen molar-refractivity contribution < 1.29 is 14.3 Å². The largest absolute Gasteiger partial charge is 0.493 e. The lowest BCUT2D eigenvalue weighted by molar-refractivity contribution is 0.0950. The summed E-state index contributed by atoms with van der Waals surface area (Å²) in [6.07, 6.45) is 2.73. The maximum absolute atomic E-state index is 12.4. The van der Waals surface area contributed by atoms with E-state index in [9.17, 15) is 4.79 Å². The summed E-state index contributed by atoms with van der Waals surface area (Å²) in [6, 6.07) is 9.10. The molecule has 1 amide bonds. The minimum atomic E-state index is -0.168. The van der Waals surface area contributed by atoms with Crippen LogP contribution in [-0.2, 0) is 6.54 Å². The van der Waals surface area contributed by atoms with E-state index in [1.807, 2.05) is 31.1 Å². The fourth-order valence-electron chi connectivity index (χ4n) is 2.40. The standard InChI is InChI=1S/C21H29N3O3/c1-15(2)10-11-27-18-8-7-17(12-19(18)26-5)21(25)23-14-16-6-9-20(22-13-16)24(3)4/h6-9,12-13,15H,10-11,14H2,1-5H3,(H,23,25). The summed E-state index contributed by atoms with van der Waals surface area (Å²) in [6.45, 7) is 5.33. The summed E-state index contributed by atoms with van der Waals surface area (Å²) in [5.41, 5.74) is 1.47. The predicted octanol–water partition coefficient (Wildman–Crippen LogP) is 3.51. The van der Waals surface area contributed by atoms with Crippen molar-refractivity contribution in [2.75, 3.05) is 32.7 Å². The van der Waals surface area contributed by atoms with Crippen molar-refractivity contribution in [1.82, 2.24) is 10.3 Å². The number of ether oxygens (including phenoxy) is 2. The maximum atomic E-state index is 12.4. The molecule has 0 aliphatic rings. The molecule has 146 valence electrons. The van der Waals surface area contributed by atoms with Gasteiger partial charge in [-0.15, -0.1) is 0 Å². The van der Waals surface area contributed by atoms with Gasteiger partial charge in [0.25, 0.3) is 5.91 Å². The van der Waals surface area contributed by atoms with Crippen molar-refractivity contribution in [2.24, 2.45) is 5.92 Å². The van der Waals surface area contributed by atoms with E-state index in [-0.39, 0.29) is 5.91 Å². The molecule has 0 spiro atoms. The lowest BCUT2D eigenvalue weighted by Gasteiger charge is -2.13. The highest BCUT2D eigenvalue weighted by atomic mass is 16.5. The second kappa shape index (κ2) is 9.80. The first kappa shape index (κ1) is 20.6. The molecule has 0 bridgehead atoms. The molecule has 0 unspecified atom stereocenters. The summed E-state index contributed by atoms with van der Waals surface area (Å²) < 4.78 is 11.1. The van der Waals surface area contributed by atoms with Crippen molar-refractivity contribution in [3.8, 4) is 11.5 Å². The molecular weight excluding hydrogens is 342 g/mol. The topological polar surface area (TPSA) is 63.7 Å². The van der Waals surface area contributed by atoms with Crippen molar-refractivity contribution in [2.45, 2.75) is 26.8 Å². The first-order valence-electron chi connectivity index (χ1n) is 9.12. The van der Waals surface area contributed by atoms with E-state index >= 15 is 0 Å². The fraction of sp³-hybridized carbons (Fsp3) is 0.429. The number of hydrogen-bond donors (Lipinski definition) is 1. The molecule has 6 heteroatoms. The summed E-state index contributed by atoms with van der Waals surface area (Å²) in [4.78, 5) is 18.7. The van der Waals surface area contributed by atoms with Gasteiger partial charge in [0.2, 0.25) is 0 Å². The summed E-state index contributed by atoms with van der Waals surface area (Å²) in [7, 11) is 5.45. The molecule has 1 heterocycles. The Morgan fingerprint density at radius 2 is 1.96 bits per heavy atom. The quantitative estimate of drug-likeness (QED) is 0.731. The number of nitrogens with zero attached hydrogens (tertiary/aromatic N) is 2. The maximum Gasteiger partial charge on any atom is 0.251 e. The van der Waals surface area contributed by atoms with Gasteiger partial charge in [-0.25, -0.2) is 4.98 Å². The number of benzene rings is 1. The molecule has 0 saturated heterocycles. The summed E-state index contributed by atoms with van der Waals surface area (Å²) >= 11 is 0. The fourth-order valence-corrected chi connectivity index (χ4v) is 2.40. The molecule has 1 aromatic heterocycles. The van der Waals surface area contributed by atoms with Gasteiger partial charge in [-0.05, 0) is 42.2 Å². The predicted molar refractivity (Wildman–Crippen MR) is 108 cm³/mol. The minimum absolute atomic E-state index is 0.168. The Hall–Kier alpha value is -2.76. The van der Waals surface area contributed by atoms with Crippen LogP contribution in [0.5, 0.6) is 11.5 Å². The third-order valence-electron chi connectivity index (χ3n) is 4.10. The number of anilines is 1. The molecule has 2 aromatic rings. The number of nitrogens with one attached hydrogen (secondary N) is 1. The average Bonchev–Trinajstić information content (AvgIpc) is 2.66. The number of aromatic nitrogens is 1. The van der Waals surface area contributed by atoms with Crippen LogP contribution in [0.1, 0.15) is 36.2 Å². The third-order valence-corrected chi connectivity index (χ3v) is 4.10. The second-order valence-corrected chi connectivity index (χ2v) is 7.00. The molecule has 0 atom stereocenters. The van der Waals surface area contributed by atoms with Crippen LogP contribution in [-0.4, -0.2) is 38.7 Å². The Bertz CT molecular complexity index is 743. The lowest BCUT2D eigenvalue weighted by atomic mass is 10.1.